The molecule has 0 spiro atoms. The lowest BCUT2D eigenvalue weighted by atomic mass is 9.96. The van der Waals surface area contributed by atoms with Gasteiger partial charge in [0.1, 0.15) is 11.5 Å². The van der Waals surface area contributed by atoms with Crippen LogP contribution in [0.3, 0.4) is 0 Å². The van der Waals surface area contributed by atoms with Crippen LogP contribution in [0, 0.1) is 0 Å². The summed E-state index contributed by atoms with van der Waals surface area (Å²) in [6.07, 6.45) is 0. The molecule has 0 aromatic heterocycles. The van der Waals surface area contributed by atoms with E-state index in [1.54, 1.807) is 48.5 Å². The van der Waals surface area contributed by atoms with Crippen molar-refractivity contribution in [3.05, 3.63) is 83.9 Å². The number of halogens is 10. The van der Waals surface area contributed by atoms with Crippen LogP contribution in [0.5, 0.6) is 11.5 Å². The van der Waals surface area contributed by atoms with Gasteiger partial charge in [-0.15, -0.1) is 0 Å². The third-order valence-electron chi connectivity index (χ3n) is 6.35. The molecule has 4 rings (SSSR count). The van der Waals surface area contributed by atoms with E-state index in [9.17, 15) is 26.3 Å². The van der Waals surface area contributed by atoms with Crippen LogP contribution in [0.1, 0.15) is 11.1 Å². The Hall–Kier alpha value is -3.38. The lowest BCUT2D eigenvalue weighted by Gasteiger charge is -2.26. The van der Waals surface area contributed by atoms with E-state index in [0.29, 0.717) is 11.1 Å². The van der Waals surface area contributed by atoms with Crippen LogP contribution in [0.25, 0.3) is 22.3 Å². The molecule has 0 bridgehead atoms. The van der Waals surface area contributed by atoms with Crippen molar-refractivity contribution in [1.82, 2.24) is 0 Å². The maximum absolute atomic E-state index is 14.6. The van der Waals surface area contributed by atoms with Crippen molar-refractivity contribution in [2.45, 2.75) is 21.0 Å². The number of nitrogen functional groups attached to an aromatic ring is 4. The summed E-state index contributed by atoms with van der Waals surface area (Å²) < 4.78 is 84.2. The topological polar surface area (TPSA) is 113 Å². The van der Waals surface area contributed by atoms with Crippen molar-refractivity contribution < 1.29 is 31.1 Å². The molecule has 0 saturated heterocycles. The molecule has 0 fully saturated rings. The summed E-state index contributed by atoms with van der Waals surface area (Å²) in [6.45, 7) is 0. The van der Waals surface area contributed by atoms with E-state index in [4.69, 9.17) is 74.1 Å². The minimum absolute atomic E-state index is 0.179. The van der Waals surface area contributed by atoms with E-state index in [2.05, 4.69) is 0 Å². The normalized spacial score (nSPS) is 12.8. The highest BCUT2D eigenvalue weighted by Gasteiger charge is 2.57. The second kappa shape index (κ2) is 11.3. The number of alkyl halides is 10. The second-order valence-electron chi connectivity index (χ2n) is 9.30. The number of rotatable bonds is 8. The van der Waals surface area contributed by atoms with Crippen molar-refractivity contribution in [2.24, 2.45) is 0 Å². The van der Waals surface area contributed by atoms with Crippen molar-refractivity contribution in [3.63, 3.8) is 0 Å². The highest BCUT2D eigenvalue weighted by molar-refractivity contribution is 6.48. The Morgan fingerprint density at radius 3 is 1.05 bits per heavy atom. The summed E-state index contributed by atoms with van der Waals surface area (Å²) in [7, 11) is 0. The Balaban J connectivity index is 1.78. The molecule has 5 nitrogen and oxygen atoms in total. The van der Waals surface area contributed by atoms with Gasteiger partial charge in [-0.2, -0.15) is 17.6 Å². The Bertz CT molecular complexity index is 1520. The highest BCUT2D eigenvalue weighted by atomic mass is 35.5. The maximum atomic E-state index is 14.6. The molecule has 0 atom stereocenters. The Morgan fingerprint density at radius 2 is 0.767 bits per heavy atom. The summed E-state index contributed by atoms with van der Waals surface area (Å²) in [6, 6.07) is 17.2. The van der Waals surface area contributed by atoms with Crippen molar-refractivity contribution in [3.8, 4) is 33.8 Å². The number of benzene rings is 4. The molecular formula is C28H20Cl4F6N4O. The number of hydrogen-bond donors (Lipinski definition) is 4. The molecule has 228 valence electrons. The zero-order valence-electron chi connectivity index (χ0n) is 21.4. The molecule has 4 aromatic carbocycles. The van der Waals surface area contributed by atoms with Crippen LogP contribution in [0.4, 0.5) is 49.1 Å². The van der Waals surface area contributed by atoms with E-state index in [1.165, 1.54) is 0 Å². The average Bonchev–Trinajstić information content (AvgIpc) is 2.87. The summed E-state index contributed by atoms with van der Waals surface area (Å²) in [4.78, 5) is 0. The Labute approximate surface area is 261 Å². The minimum Gasteiger partial charge on any atom is -0.456 e. The lowest BCUT2D eigenvalue weighted by molar-refractivity contribution is -0.0639. The predicted molar refractivity (Wildman–Crippen MR) is 160 cm³/mol. The molecule has 0 saturated carbocycles. The molecule has 43 heavy (non-hydrogen) atoms. The van der Waals surface area contributed by atoms with E-state index < -0.39 is 54.9 Å². The largest absolute Gasteiger partial charge is 0.456 e. The highest BCUT2D eigenvalue weighted by Crippen LogP contribution is 2.53. The minimum atomic E-state index is -4.44. The van der Waals surface area contributed by atoms with Crippen LogP contribution in [0.2, 0.25) is 0 Å². The van der Waals surface area contributed by atoms with Gasteiger partial charge < -0.3 is 27.7 Å². The fourth-order valence-corrected chi connectivity index (χ4v) is 4.78. The van der Waals surface area contributed by atoms with Gasteiger partial charge in [-0.05, 0) is 47.5 Å². The van der Waals surface area contributed by atoms with Gasteiger partial charge in [-0.3, -0.25) is 0 Å². The molecule has 0 heterocycles. The standard InChI is InChI=1S/C28H20Cl4F6N4O/c29-27(30,37)25(33,34)23-17(39)9-13(10-18(23)40)15-5-1-3-7-21(15)43-22-8-4-2-6-16(22)14-11-19(41)24(20(42)12-14)26(35,36)28(31,32)38/h1-12H,39-42H2. The van der Waals surface area contributed by atoms with Gasteiger partial charge in [0.25, 0.3) is 0 Å². The van der Waals surface area contributed by atoms with Gasteiger partial charge in [0, 0.05) is 33.9 Å². The number of hydrogen-bond acceptors (Lipinski definition) is 5. The molecule has 4 aromatic rings. The van der Waals surface area contributed by atoms with Crippen molar-refractivity contribution in [1.29, 1.82) is 0 Å². The van der Waals surface area contributed by atoms with E-state index in [-0.39, 0.29) is 22.6 Å². The maximum Gasteiger partial charge on any atom is 0.338 e. The number of para-hydroxylation sites is 2. The van der Waals surface area contributed by atoms with Crippen LogP contribution in [0.15, 0.2) is 72.8 Å². The second-order valence-corrected chi connectivity index (χ2v) is 11.8. The molecule has 0 radical (unpaired) electrons. The summed E-state index contributed by atoms with van der Waals surface area (Å²) in [5.74, 6) is -8.53. The van der Waals surface area contributed by atoms with Crippen LogP contribution in [-0.4, -0.2) is 9.17 Å². The zero-order valence-corrected chi connectivity index (χ0v) is 24.4. The van der Waals surface area contributed by atoms with Gasteiger partial charge in [0.2, 0.25) is 0 Å². The SMILES string of the molecule is Nc1cc(-c2ccccc2Oc2ccccc2-c2cc(N)c(C(F)(F)C(F)(Cl)Cl)c(N)c2)cc(N)c1C(F)(F)C(F)(Cl)Cl. The molecule has 0 aliphatic carbocycles. The van der Waals surface area contributed by atoms with Crippen molar-refractivity contribution >= 4 is 69.2 Å². The molecular weight excluding hydrogens is 664 g/mol. The van der Waals surface area contributed by atoms with Gasteiger partial charge in [-0.1, -0.05) is 82.8 Å². The molecule has 8 N–H and O–H groups in total. The lowest BCUT2D eigenvalue weighted by Crippen LogP contribution is -2.33. The van der Waals surface area contributed by atoms with E-state index in [1.807, 2.05) is 0 Å². The summed E-state index contributed by atoms with van der Waals surface area (Å²) >= 11 is 20.2. The van der Waals surface area contributed by atoms with E-state index in [0.717, 1.165) is 24.3 Å². The van der Waals surface area contributed by atoms with Gasteiger partial charge in [0.05, 0.1) is 11.1 Å². The quantitative estimate of drug-likeness (QED) is 0.0839. The number of nitrogens with two attached hydrogens (primary N) is 4. The van der Waals surface area contributed by atoms with Gasteiger partial charge in [-0.25, -0.2) is 8.78 Å². The molecule has 0 unspecified atom stereocenters. The zero-order chi connectivity index (χ0) is 32.1. The Kier molecular flexibility index (Phi) is 8.53. The first-order valence-corrected chi connectivity index (χ1v) is 13.4. The number of ether oxygens (including phenoxy) is 1. The number of anilines is 4. The van der Waals surface area contributed by atoms with Gasteiger partial charge in [0.15, 0.2) is 0 Å². The first-order chi connectivity index (χ1) is 19.8. The molecule has 0 aliphatic heterocycles. The predicted octanol–water partition coefficient (Wildman–Crippen LogP) is 9.53. The first-order valence-electron chi connectivity index (χ1n) is 11.9. The summed E-state index contributed by atoms with van der Waals surface area (Å²) in [5.41, 5.74) is 19.9. The Morgan fingerprint density at radius 1 is 0.488 bits per heavy atom. The van der Waals surface area contributed by atoms with Crippen LogP contribution in [-0.2, 0) is 11.8 Å². The first kappa shape index (κ1) is 32.5. The van der Waals surface area contributed by atoms with Crippen LogP contribution < -0.4 is 27.7 Å². The fraction of sp³-hybridized carbons (Fsp3) is 0.143. The van der Waals surface area contributed by atoms with Crippen molar-refractivity contribution in [2.75, 3.05) is 22.9 Å². The summed E-state index contributed by atoms with van der Waals surface area (Å²) in [5, 5.41) is 0. The molecule has 0 aliphatic rings. The van der Waals surface area contributed by atoms with E-state index >= 15 is 0 Å². The van der Waals surface area contributed by atoms with Crippen LogP contribution >= 0.6 is 46.4 Å². The monoisotopic (exact) mass is 682 g/mol. The molecule has 15 heteroatoms. The third-order valence-corrected chi connectivity index (χ3v) is 7.30. The van der Waals surface area contributed by atoms with Gasteiger partial charge >= 0.3 is 21.0 Å². The smallest absolute Gasteiger partial charge is 0.338 e. The third kappa shape index (κ3) is 6.04. The molecule has 0 amide bonds. The average molecular weight is 684 g/mol. The fourth-order valence-electron chi connectivity index (χ4n) is 4.40.